The van der Waals surface area contributed by atoms with Crippen LogP contribution in [0.15, 0.2) is 53.6 Å². The fourth-order valence-corrected chi connectivity index (χ4v) is 3.05. The van der Waals surface area contributed by atoms with E-state index < -0.39 is 5.97 Å². The van der Waals surface area contributed by atoms with Crippen LogP contribution >= 0.6 is 0 Å². The monoisotopic (exact) mass is 294 g/mol. The summed E-state index contributed by atoms with van der Waals surface area (Å²) in [5, 5.41) is 13.9. The molecule has 112 valence electrons. The summed E-state index contributed by atoms with van der Waals surface area (Å²) < 4.78 is 0. The first-order chi connectivity index (χ1) is 10.5. The lowest BCUT2D eigenvalue weighted by Crippen LogP contribution is -2.17. The lowest BCUT2D eigenvalue weighted by molar-refractivity contribution is 0.0694. The lowest BCUT2D eigenvalue weighted by atomic mass is 9.83. The molecule has 0 saturated carbocycles. The van der Waals surface area contributed by atoms with E-state index in [1.807, 2.05) is 36.4 Å². The average Bonchev–Trinajstić information content (AvgIpc) is 2.77. The van der Waals surface area contributed by atoms with Crippen LogP contribution in [0.4, 0.5) is 5.69 Å². The molecule has 0 bridgehead atoms. The molecule has 0 heterocycles. The maximum absolute atomic E-state index is 11.5. The molecule has 2 N–H and O–H groups in total. The smallest absolute Gasteiger partial charge is 0.336 e. The number of carboxylic acid groups (broad SMARTS) is 1. The van der Waals surface area contributed by atoms with Crippen LogP contribution in [0.3, 0.4) is 0 Å². The third-order valence-corrected chi connectivity index (χ3v) is 3.99. The van der Waals surface area contributed by atoms with Crippen molar-refractivity contribution in [3.8, 4) is 0 Å². The Bertz CT molecular complexity index is 749. The van der Waals surface area contributed by atoms with Gasteiger partial charge in [0.25, 0.3) is 0 Å². The number of aromatic carboxylic acids is 1. The third-order valence-electron chi connectivity index (χ3n) is 3.99. The predicted molar refractivity (Wildman–Crippen MR) is 87.6 cm³/mol. The number of hydrogen-bond acceptors (Lipinski definition) is 3. The van der Waals surface area contributed by atoms with E-state index in [-0.39, 0.29) is 5.41 Å². The normalized spacial score (nSPS) is 17.3. The van der Waals surface area contributed by atoms with Gasteiger partial charge in [0.15, 0.2) is 0 Å². The molecular weight excluding hydrogens is 276 g/mol. The van der Waals surface area contributed by atoms with E-state index in [2.05, 4.69) is 24.4 Å². The first-order valence-electron chi connectivity index (χ1n) is 7.24. The van der Waals surface area contributed by atoms with Crippen LogP contribution in [0.25, 0.3) is 0 Å². The Kier molecular flexibility index (Phi) is 3.45. The highest BCUT2D eigenvalue weighted by Gasteiger charge is 2.37. The Hall–Kier alpha value is -2.62. The highest BCUT2D eigenvalue weighted by molar-refractivity contribution is 6.09. The molecule has 0 fully saturated rings. The summed E-state index contributed by atoms with van der Waals surface area (Å²) >= 11 is 0. The van der Waals surface area contributed by atoms with Gasteiger partial charge in [-0.2, -0.15) is 5.10 Å². The van der Waals surface area contributed by atoms with Crippen LogP contribution in [-0.2, 0) is 5.41 Å². The van der Waals surface area contributed by atoms with Crippen molar-refractivity contribution in [2.45, 2.75) is 25.7 Å². The van der Waals surface area contributed by atoms with Crippen LogP contribution in [-0.4, -0.2) is 16.8 Å². The minimum absolute atomic E-state index is 0.235. The van der Waals surface area contributed by atoms with Gasteiger partial charge >= 0.3 is 5.97 Å². The number of benzene rings is 2. The first kappa shape index (κ1) is 14.3. The number of nitrogens with one attached hydrogen (secondary N) is 1. The predicted octanol–water partition coefficient (Wildman–Crippen LogP) is 3.88. The summed E-state index contributed by atoms with van der Waals surface area (Å²) in [6.45, 7) is 4.12. The molecule has 0 amide bonds. The summed E-state index contributed by atoms with van der Waals surface area (Å²) in [5.41, 5.74) is 6.79. The van der Waals surface area contributed by atoms with Gasteiger partial charge < -0.3 is 5.11 Å². The Morgan fingerprint density at radius 3 is 2.55 bits per heavy atom. The molecule has 0 aliphatic heterocycles. The third kappa shape index (κ3) is 2.48. The number of anilines is 1. The number of hydrazone groups is 1. The minimum atomic E-state index is -0.887. The van der Waals surface area contributed by atoms with Gasteiger partial charge in [0.1, 0.15) is 0 Å². The Morgan fingerprint density at radius 1 is 1.14 bits per heavy atom. The lowest BCUT2D eigenvalue weighted by Gasteiger charge is -2.19. The van der Waals surface area contributed by atoms with Crippen molar-refractivity contribution in [1.82, 2.24) is 0 Å². The van der Waals surface area contributed by atoms with Crippen molar-refractivity contribution < 1.29 is 9.90 Å². The maximum Gasteiger partial charge on any atom is 0.336 e. The summed E-state index contributed by atoms with van der Waals surface area (Å²) in [7, 11) is 0. The van der Waals surface area contributed by atoms with Crippen LogP contribution in [0.1, 0.15) is 41.8 Å². The second kappa shape index (κ2) is 5.30. The number of fused-ring (bicyclic) bond motifs is 1. The Balaban J connectivity index is 2.02. The maximum atomic E-state index is 11.5. The zero-order valence-corrected chi connectivity index (χ0v) is 12.6. The van der Waals surface area contributed by atoms with E-state index in [1.165, 1.54) is 0 Å². The van der Waals surface area contributed by atoms with E-state index in [0.29, 0.717) is 12.0 Å². The van der Waals surface area contributed by atoms with Gasteiger partial charge in [0.05, 0.1) is 17.0 Å². The first-order valence-corrected chi connectivity index (χ1v) is 7.24. The largest absolute Gasteiger partial charge is 0.478 e. The molecule has 4 heteroatoms. The molecule has 0 aromatic heterocycles. The van der Waals surface area contributed by atoms with Crippen molar-refractivity contribution in [3.63, 3.8) is 0 Å². The summed E-state index contributed by atoms with van der Waals surface area (Å²) in [4.78, 5) is 11.5. The standard InChI is InChI=1S/C18H18N2O2/c1-18(2)11-15(20-19-12-7-4-3-5-8-12)13-9-6-10-14(16(13)18)17(21)22/h3-10,19H,11H2,1-2H3,(H,21,22)/b20-15-. The second-order valence-corrected chi connectivity index (χ2v) is 6.13. The molecule has 0 spiro atoms. The molecule has 2 aromatic carbocycles. The number of nitrogens with zero attached hydrogens (tertiary/aromatic N) is 1. The zero-order chi connectivity index (χ0) is 15.7. The molecule has 22 heavy (non-hydrogen) atoms. The molecule has 1 aliphatic carbocycles. The molecule has 0 radical (unpaired) electrons. The summed E-state index contributed by atoms with van der Waals surface area (Å²) in [5.74, 6) is -0.887. The van der Waals surface area contributed by atoms with E-state index in [1.54, 1.807) is 12.1 Å². The minimum Gasteiger partial charge on any atom is -0.478 e. The van der Waals surface area contributed by atoms with E-state index in [0.717, 1.165) is 22.5 Å². The SMILES string of the molecule is CC1(C)C/C(=N/Nc2ccccc2)c2cccc(C(=O)O)c21. The molecule has 0 atom stereocenters. The van der Waals surface area contributed by atoms with Gasteiger partial charge in [-0.15, -0.1) is 0 Å². The van der Waals surface area contributed by atoms with Crippen LogP contribution < -0.4 is 5.43 Å². The van der Waals surface area contributed by atoms with E-state index in [9.17, 15) is 9.90 Å². The molecule has 0 saturated heterocycles. The van der Waals surface area contributed by atoms with Gasteiger partial charge in [0.2, 0.25) is 0 Å². The Labute approximate surface area is 129 Å². The summed E-state index contributed by atoms with van der Waals surface area (Å²) in [6, 6.07) is 15.1. The van der Waals surface area contributed by atoms with Gasteiger partial charge in [-0.05, 0) is 29.2 Å². The van der Waals surface area contributed by atoms with Crippen molar-refractivity contribution >= 4 is 17.4 Å². The fraction of sp³-hybridized carbons (Fsp3) is 0.222. The quantitative estimate of drug-likeness (QED) is 0.844. The molecule has 1 aliphatic rings. The van der Waals surface area contributed by atoms with Crippen LogP contribution in [0.5, 0.6) is 0 Å². The number of rotatable bonds is 3. The van der Waals surface area contributed by atoms with Gasteiger partial charge in [-0.1, -0.05) is 44.2 Å². The Morgan fingerprint density at radius 2 is 1.86 bits per heavy atom. The average molecular weight is 294 g/mol. The highest BCUT2D eigenvalue weighted by Crippen LogP contribution is 2.40. The topological polar surface area (TPSA) is 61.7 Å². The van der Waals surface area contributed by atoms with Crippen molar-refractivity contribution in [1.29, 1.82) is 0 Å². The van der Waals surface area contributed by atoms with E-state index in [4.69, 9.17) is 0 Å². The number of carboxylic acids is 1. The van der Waals surface area contributed by atoms with Crippen molar-refractivity contribution in [2.24, 2.45) is 5.10 Å². The molecule has 3 rings (SSSR count). The van der Waals surface area contributed by atoms with Crippen LogP contribution in [0.2, 0.25) is 0 Å². The zero-order valence-electron chi connectivity index (χ0n) is 12.6. The van der Waals surface area contributed by atoms with Gasteiger partial charge in [-0.25, -0.2) is 4.79 Å². The van der Waals surface area contributed by atoms with Crippen molar-refractivity contribution in [3.05, 3.63) is 65.2 Å². The van der Waals surface area contributed by atoms with Gasteiger partial charge in [-0.3, -0.25) is 5.43 Å². The molecule has 2 aromatic rings. The number of hydrogen-bond donors (Lipinski definition) is 2. The molecular formula is C18H18N2O2. The van der Waals surface area contributed by atoms with Gasteiger partial charge in [0, 0.05) is 12.0 Å². The highest BCUT2D eigenvalue weighted by atomic mass is 16.4. The second-order valence-electron chi connectivity index (χ2n) is 6.13. The molecule has 0 unspecified atom stereocenters. The fourth-order valence-electron chi connectivity index (χ4n) is 3.05. The van der Waals surface area contributed by atoms with Crippen molar-refractivity contribution in [2.75, 3.05) is 5.43 Å². The van der Waals surface area contributed by atoms with Crippen LogP contribution in [0, 0.1) is 0 Å². The summed E-state index contributed by atoms with van der Waals surface area (Å²) in [6.07, 6.45) is 0.715. The van der Waals surface area contributed by atoms with E-state index >= 15 is 0 Å². The molecule has 4 nitrogen and oxygen atoms in total. The number of para-hydroxylation sites is 1. The number of carbonyl (C=O) groups is 1.